The molecule has 0 fully saturated rings. The average molecular weight is 283 g/mol. The van der Waals surface area contributed by atoms with Crippen molar-refractivity contribution in [2.75, 3.05) is 5.88 Å². The summed E-state index contributed by atoms with van der Waals surface area (Å²) in [6.45, 7) is 10.3. The fraction of sp³-hybridized carbons (Fsp3) is 0.562. The van der Waals surface area contributed by atoms with Gasteiger partial charge >= 0.3 is 0 Å². The predicted molar refractivity (Wildman–Crippen MR) is 80.6 cm³/mol. The third kappa shape index (κ3) is 4.54. The highest BCUT2D eigenvalue weighted by Gasteiger charge is 2.19. The fourth-order valence-corrected chi connectivity index (χ4v) is 1.96. The number of carbonyl (C=O) groups excluding carboxylic acids is 1. The van der Waals surface area contributed by atoms with Gasteiger partial charge in [0.05, 0.1) is 11.7 Å². The first-order valence-corrected chi connectivity index (χ1v) is 7.19. The van der Waals surface area contributed by atoms with E-state index in [0.717, 1.165) is 5.56 Å². The van der Waals surface area contributed by atoms with E-state index < -0.39 is 0 Å². The van der Waals surface area contributed by atoms with Gasteiger partial charge in [-0.2, -0.15) is 0 Å². The van der Waals surface area contributed by atoms with Crippen LogP contribution in [-0.2, 0) is 5.41 Å². The van der Waals surface area contributed by atoms with Crippen LogP contribution in [0.15, 0.2) is 18.2 Å². The molecule has 0 heterocycles. The molecular formula is C16H23ClO2. The maximum absolute atomic E-state index is 12.2. The van der Waals surface area contributed by atoms with Crippen molar-refractivity contribution in [3.05, 3.63) is 29.3 Å². The van der Waals surface area contributed by atoms with Crippen molar-refractivity contribution in [3.63, 3.8) is 0 Å². The lowest BCUT2D eigenvalue weighted by atomic mass is 9.85. The molecule has 0 spiro atoms. The Hall–Kier alpha value is -1.02. The van der Waals surface area contributed by atoms with Crippen LogP contribution >= 0.6 is 11.6 Å². The Kier molecular flexibility index (Phi) is 5.42. The van der Waals surface area contributed by atoms with Gasteiger partial charge in [-0.15, -0.1) is 11.6 Å². The van der Waals surface area contributed by atoms with Crippen LogP contribution in [0.25, 0.3) is 0 Å². The first-order chi connectivity index (χ1) is 8.75. The molecule has 0 aliphatic rings. The van der Waals surface area contributed by atoms with Gasteiger partial charge < -0.3 is 4.74 Å². The minimum atomic E-state index is 0.00630. The van der Waals surface area contributed by atoms with Gasteiger partial charge in [0.2, 0.25) is 0 Å². The molecular weight excluding hydrogens is 260 g/mol. The van der Waals surface area contributed by atoms with Gasteiger partial charge in [0, 0.05) is 12.3 Å². The molecule has 0 saturated heterocycles. The number of Topliss-reactive ketones (excluding diaryl/α,β-unsaturated/α-hetero) is 1. The molecule has 0 bridgehead atoms. The maximum Gasteiger partial charge on any atom is 0.167 e. The lowest BCUT2D eigenvalue weighted by Crippen LogP contribution is -2.15. The van der Waals surface area contributed by atoms with E-state index in [9.17, 15) is 4.79 Å². The molecule has 0 N–H and O–H groups in total. The molecule has 1 rings (SSSR count). The highest BCUT2D eigenvalue weighted by atomic mass is 35.5. The zero-order valence-corrected chi connectivity index (χ0v) is 13.2. The van der Waals surface area contributed by atoms with Crippen LogP contribution < -0.4 is 4.74 Å². The molecule has 0 saturated carbocycles. The Balaban J connectivity index is 3.22. The van der Waals surface area contributed by atoms with E-state index in [2.05, 4.69) is 20.8 Å². The molecule has 1 aromatic carbocycles. The van der Waals surface area contributed by atoms with Gasteiger partial charge in [-0.25, -0.2) is 0 Å². The van der Waals surface area contributed by atoms with Gasteiger partial charge in [0.15, 0.2) is 5.78 Å². The minimum absolute atomic E-state index is 0.00630. The van der Waals surface area contributed by atoms with E-state index in [1.807, 2.05) is 32.0 Å². The summed E-state index contributed by atoms with van der Waals surface area (Å²) in [5, 5.41) is 0. The molecule has 0 unspecified atom stereocenters. The zero-order chi connectivity index (χ0) is 14.6. The number of ether oxygens (including phenoxy) is 1. The smallest absolute Gasteiger partial charge is 0.167 e. The second-order valence-corrected chi connectivity index (χ2v) is 6.37. The molecule has 0 aliphatic heterocycles. The van der Waals surface area contributed by atoms with Crippen molar-refractivity contribution in [2.24, 2.45) is 0 Å². The van der Waals surface area contributed by atoms with E-state index in [0.29, 0.717) is 23.6 Å². The molecule has 106 valence electrons. The summed E-state index contributed by atoms with van der Waals surface area (Å²) >= 11 is 5.67. The average Bonchev–Trinajstić information content (AvgIpc) is 2.27. The first kappa shape index (κ1) is 16.0. The molecule has 0 aliphatic carbocycles. The van der Waals surface area contributed by atoms with Gasteiger partial charge in [-0.05, 0) is 37.0 Å². The number of carbonyl (C=O) groups is 1. The van der Waals surface area contributed by atoms with Crippen LogP contribution in [0, 0.1) is 0 Å². The Morgan fingerprint density at radius 1 is 1.32 bits per heavy atom. The summed E-state index contributed by atoms with van der Waals surface area (Å²) in [7, 11) is 0. The third-order valence-electron chi connectivity index (χ3n) is 2.83. The second-order valence-electron chi connectivity index (χ2n) is 5.99. The Morgan fingerprint density at radius 2 is 1.95 bits per heavy atom. The summed E-state index contributed by atoms with van der Waals surface area (Å²) in [5.41, 5.74) is 1.77. The van der Waals surface area contributed by atoms with E-state index in [1.165, 1.54) is 0 Å². The quantitative estimate of drug-likeness (QED) is 0.583. The number of alkyl halides is 1. The molecule has 0 aromatic heterocycles. The van der Waals surface area contributed by atoms with Crippen LogP contribution in [0.1, 0.15) is 57.0 Å². The van der Waals surface area contributed by atoms with E-state index in [-0.39, 0.29) is 17.3 Å². The summed E-state index contributed by atoms with van der Waals surface area (Å²) < 4.78 is 5.72. The molecule has 0 radical (unpaired) electrons. The molecule has 3 heteroatoms. The molecule has 1 aromatic rings. The highest BCUT2D eigenvalue weighted by Crippen LogP contribution is 2.29. The van der Waals surface area contributed by atoms with Gasteiger partial charge in [0.1, 0.15) is 5.75 Å². The van der Waals surface area contributed by atoms with Crippen molar-refractivity contribution in [2.45, 2.75) is 52.6 Å². The minimum Gasteiger partial charge on any atom is -0.490 e. The number of ketones is 1. The van der Waals surface area contributed by atoms with E-state index in [4.69, 9.17) is 16.3 Å². The van der Waals surface area contributed by atoms with E-state index >= 15 is 0 Å². The van der Waals surface area contributed by atoms with Crippen molar-refractivity contribution in [1.82, 2.24) is 0 Å². The van der Waals surface area contributed by atoms with Crippen LogP contribution in [0.3, 0.4) is 0 Å². The second kappa shape index (κ2) is 6.42. The van der Waals surface area contributed by atoms with Gasteiger partial charge in [-0.1, -0.05) is 26.8 Å². The monoisotopic (exact) mass is 282 g/mol. The summed E-state index contributed by atoms with van der Waals surface area (Å²) in [5.74, 6) is 1.02. The lowest BCUT2D eigenvalue weighted by Gasteiger charge is -2.22. The number of benzene rings is 1. The molecule has 2 nitrogen and oxygen atoms in total. The van der Waals surface area contributed by atoms with Crippen molar-refractivity contribution in [1.29, 1.82) is 0 Å². The lowest BCUT2D eigenvalue weighted by molar-refractivity contribution is 0.0983. The number of hydrogen-bond donors (Lipinski definition) is 0. The number of halogens is 1. The normalized spacial score (nSPS) is 11.7. The standard InChI is InChI=1S/C16H23ClO2/c1-11(2)19-15-7-6-12(16(3,4)5)10-13(15)14(18)8-9-17/h6-7,10-11H,8-9H2,1-5H3. The Bertz CT molecular complexity index is 445. The SMILES string of the molecule is CC(C)Oc1ccc(C(C)(C)C)cc1C(=O)CCCl. The van der Waals surface area contributed by atoms with Crippen LogP contribution in [0.5, 0.6) is 5.75 Å². The Labute approximate surface area is 121 Å². The van der Waals surface area contributed by atoms with E-state index in [1.54, 1.807) is 0 Å². The van der Waals surface area contributed by atoms with Gasteiger partial charge in [0.25, 0.3) is 0 Å². The molecule has 19 heavy (non-hydrogen) atoms. The van der Waals surface area contributed by atoms with Crippen molar-refractivity contribution < 1.29 is 9.53 Å². The largest absolute Gasteiger partial charge is 0.490 e. The predicted octanol–water partition coefficient (Wildman–Crippen LogP) is 4.58. The zero-order valence-electron chi connectivity index (χ0n) is 12.4. The fourth-order valence-electron chi connectivity index (χ4n) is 1.79. The summed E-state index contributed by atoms with van der Waals surface area (Å²) in [4.78, 5) is 12.2. The maximum atomic E-state index is 12.2. The Morgan fingerprint density at radius 3 is 2.42 bits per heavy atom. The van der Waals surface area contributed by atoms with Crippen molar-refractivity contribution >= 4 is 17.4 Å². The summed E-state index contributed by atoms with van der Waals surface area (Å²) in [6.07, 6.45) is 0.381. The molecule has 0 atom stereocenters. The first-order valence-electron chi connectivity index (χ1n) is 6.66. The van der Waals surface area contributed by atoms with Crippen LogP contribution in [0.4, 0.5) is 0 Å². The highest BCUT2D eigenvalue weighted by molar-refractivity contribution is 6.19. The van der Waals surface area contributed by atoms with Crippen LogP contribution in [-0.4, -0.2) is 17.8 Å². The summed E-state index contributed by atoms with van der Waals surface area (Å²) in [6, 6.07) is 5.85. The third-order valence-corrected chi connectivity index (χ3v) is 3.02. The number of hydrogen-bond acceptors (Lipinski definition) is 2. The van der Waals surface area contributed by atoms with Crippen LogP contribution in [0.2, 0.25) is 0 Å². The number of rotatable bonds is 5. The van der Waals surface area contributed by atoms with Crippen molar-refractivity contribution in [3.8, 4) is 5.75 Å². The topological polar surface area (TPSA) is 26.3 Å². The molecule has 0 amide bonds. The van der Waals surface area contributed by atoms with Gasteiger partial charge in [-0.3, -0.25) is 4.79 Å².